The van der Waals surface area contributed by atoms with Gasteiger partial charge >= 0.3 is 6.18 Å². The third-order valence-corrected chi connectivity index (χ3v) is 8.33. The molecular formula is C23H26F3N3O2S. The average molecular weight is 466 g/mol. The first kappa shape index (κ1) is 22.8. The number of rotatable bonds is 4. The molecule has 0 spiro atoms. The van der Waals surface area contributed by atoms with Gasteiger partial charge in [0.2, 0.25) is 15.8 Å². The summed E-state index contributed by atoms with van der Waals surface area (Å²) >= 11 is 0. The van der Waals surface area contributed by atoms with E-state index in [-0.39, 0.29) is 25.6 Å². The van der Waals surface area contributed by atoms with E-state index in [0.717, 1.165) is 5.56 Å². The summed E-state index contributed by atoms with van der Waals surface area (Å²) in [7, 11) is -3.66. The van der Waals surface area contributed by atoms with Crippen LogP contribution in [0.15, 0.2) is 41.3 Å². The Hall–Kier alpha value is -2.39. The van der Waals surface area contributed by atoms with E-state index in [1.165, 1.54) is 8.87 Å². The molecule has 0 bridgehead atoms. The van der Waals surface area contributed by atoms with Gasteiger partial charge in [0.05, 0.1) is 15.9 Å². The third-order valence-electron chi connectivity index (χ3n) is 6.12. The van der Waals surface area contributed by atoms with Gasteiger partial charge in [-0.3, -0.25) is 0 Å². The molecule has 0 radical (unpaired) electrons. The normalized spacial score (nSPS) is 16.7. The summed E-state index contributed by atoms with van der Waals surface area (Å²) in [5, 5.41) is 0. The molecule has 0 saturated carbocycles. The SMILES string of the molecule is Cc1cc(C)c(S(=O)(=O)N2CCC(Cn3c(C(F)(F)F)nc4ccccc43)CC2)c(C)c1. The predicted molar refractivity (Wildman–Crippen MR) is 117 cm³/mol. The van der Waals surface area contributed by atoms with E-state index in [1.807, 2.05) is 19.1 Å². The summed E-state index contributed by atoms with van der Waals surface area (Å²) in [6, 6.07) is 10.3. The number of fused-ring (bicyclic) bond motifs is 1. The molecule has 1 aromatic heterocycles. The quantitative estimate of drug-likeness (QED) is 0.540. The first-order valence-corrected chi connectivity index (χ1v) is 12.0. The van der Waals surface area contributed by atoms with Gasteiger partial charge in [-0.05, 0) is 62.8 Å². The largest absolute Gasteiger partial charge is 0.449 e. The van der Waals surface area contributed by atoms with Crippen LogP contribution in [0.1, 0.15) is 35.4 Å². The fourth-order valence-electron chi connectivity index (χ4n) is 4.77. The Balaban J connectivity index is 1.55. The minimum absolute atomic E-state index is 0.0691. The summed E-state index contributed by atoms with van der Waals surface area (Å²) in [6.45, 7) is 6.25. The van der Waals surface area contributed by atoms with Crippen molar-refractivity contribution in [3.05, 3.63) is 58.9 Å². The molecule has 0 N–H and O–H groups in total. The number of benzene rings is 2. The van der Waals surface area contributed by atoms with Crippen LogP contribution >= 0.6 is 0 Å². The lowest BCUT2D eigenvalue weighted by atomic mass is 9.98. The highest BCUT2D eigenvalue weighted by Gasteiger charge is 2.39. The standard InChI is InChI=1S/C23H26F3N3O2S/c1-15-12-16(2)21(17(3)13-15)32(30,31)28-10-8-18(9-11-28)14-29-20-7-5-4-6-19(20)27-22(29)23(24,25)26/h4-7,12-13,18H,8-11,14H2,1-3H3. The van der Waals surface area contributed by atoms with Crippen molar-refractivity contribution in [1.82, 2.24) is 13.9 Å². The molecule has 4 rings (SSSR count). The second-order valence-corrected chi connectivity index (χ2v) is 10.5. The fraction of sp³-hybridized carbons (Fsp3) is 0.435. The van der Waals surface area contributed by atoms with Gasteiger partial charge in [0.1, 0.15) is 0 Å². The molecule has 5 nitrogen and oxygen atoms in total. The second-order valence-electron chi connectivity index (χ2n) is 8.61. The first-order chi connectivity index (χ1) is 15.0. The molecule has 3 aromatic rings. The summed E-state index contributed by atoms with van der Waals surface area (Å²) in [4.78, 5) is 4.14. The Bertz CT molecular complexity index is 1230. The molecule has 172 valence electrons. The number of piperidine rings is 1. The predicted octanol–water partition coefficient (Wildman–Crippen LogP) is 5.08. The molecule has 1 aliphatic heterocycles. The zero-order chi connectivity index (χ0) is 23.3. The highest BCUT2D eigenvalue weighted by molar-refractivity contribution is 7.89. The number of hydrogen-bond acceptors (Lipinski definition) is 3. The smallest absolute Gasteiger partial charge is 0.320 e. The van der Waals surface area contributed by atoms with Crippen LogP contribution in [0, 0.1) is 26.7 Å². The molecule has 0 unspecified atom stereocenters. The van der Waals surface area contributed by atoms with Gasteiger partial charge in [0.15, 0.2) is 0 Å². The summed E-state index contributed by atoms with van der Waals surface area (Å²) < 4.78 is 70.0. The molecular weight excluding hydrogens is 439 g/mol. The van der Waals surface area contributed by atoms with Crippen molar-refractivity contribution < 1.29 is 21.6 Å². The van der Waals surface area contributed by atoms with Crippen molar-refractivity contribution in [2.45, 2.75) is 51.2 Å². The maximum atomic E-state index is 13.6. The molecule has 0 amide bonds. The number of imidazole rings is 1. The van der Waals surface area contributed by atoms with Crippen molar-refractivity contribution in [2.75, 3.05) is 13.1 Å². The Morgan fingerprint density at radius 2 is 1.62 bits per heavy atom. The molecule has 0 aliphatic carbocycles. The first-order valence-electron chi connectivity index (χ1n) is 10.6. The Morgan fingerprint density at radius 3 is 2.22 bits per heavy atom. The molecule has 9 heteroatoms. The maximum Gasteiger partial charge on any atom is 0.449 e. The molecule has 32 heavy (non-hydrogen) atoms. The van der Waals surface area contributed by atoms with Gasteiger partial charge in [0, 0.05) is 19.6 Å². The van der Waals surface area contributed by atoms with Gasteiger partial charge < -0.3 is 4.57 Å². The van der Waals surface area contributed by atoms with Gasteiger partial charge in [-0.1, -0.05) is 29.8 Å². The van der Waals surface area contributed by atoms with Crippen LogP contribution in [-0.2, 0) is 22.7 Å². The number of alkyl halides is 3. The topological polar surface area (TPSA) is 55.2 Å². The van der Waals surface area contributed by atoms with Crippen LogP contribution in [0.5, 0.6) is 0 Å². The van der Waals surface area contributed by atoms with Crippen molar-refractivity contribution in [3.8, 4) is 0 Å². The molecule has 2 aromatic carbocycles. The van der Waals surface area contributed by atoms with Crippen LogP contribution in [0.4, 0.5) is 13.2 Å². The second kappa shape index (κ2) is 8.19. The third kappa shape index (κ3) is 4.15. The van der Waals surface area contributed by atoms with E-state index in [0.29, 0.717) is 39.9 Å². The molecule has 0 atom stereocenters. The highest BCUT2D eigenvalue weighted by atomic mass is 32.2. The minimum Gasteiger partial charge on any atom is -0.320 e. The number of nitrogens with zero attached hydrogens (tertiary/aromatic N) is 3. The van der Waals surface area contributed by atoms with Crippen LogP contribution < -0.4 is 0 Å². The molecule has 1 saturated heterocycles. The number of aryl methyl sites for hydroxylation is 3. The molecule has 1 fully saturated rings. The lowest BCUT2D eigenvalue weighted by molar-refractivity contribution is -0.147. The summed E-state index contributed by atoms with van der Waals surface area (Å²) in [6.07, 6.45) is -3.57. The van der Waals surface area contributed by atoms with Gasteiger partial charge in [-0.2, -0.15) is 17.5 Å². The zero-order valence-corrected chi connectivity index (χ0v) is 19.1. The number of para-hydroxylation sites is 2. The van der Waals surface area contributed by atoms with Crippen LogP contribution in [0.3, 0.4) is 0 Å². The van der Waals surface area contributed by atoms with Crippen LogP contribution in [0.25, 0.3) is 11.0 Å². The Kier molecular flexibility index (Phi) is 5.83. The number of aromatic nitrogens is 2. The number of hydrogen-bond donors (Lipinski definition) is 0. The average Bonchev–Trinajstić information content (AvgIpc) is 3.06. The van der Waals surface area contributed by atoms with E-state index >= 15 is 0 Å². The zero-order valence-electron chi connectivity index (χ0n) is 18.3. The summed E-state index contributed by atoms with van der Waals surface area (Å²) in [5.74, 6) is -0.972. The number of sulfonamides is 1. The van der Waals surface area contributed by atoms with Crippen molar-refractivity contribution in [2.24, 2.45) is 5.92 Å². The number of halogens is 3. The van der Waals surface area contributed by atoms with E-state index in [2.05, 4.69) is 4.98 Å². The highest BCUT2D eigenvalue weighted by Crippen LogP contribution is 2.34. The van der Waals surface area contributed by atoms with E-state index in [9.17, 15) is 21.6 Å². The lowest BCUT2D eigenvalue weighted by Crippen LogP contribution is -2.40. The Labute approximate surface area is 185 Å². The van der Waals surface area contributed by atoms with Gasteiger partial charge in [-0.15, -0.1) is 0 Å². The Morgan fingerprint density at radius 1 is 1.03 bits per heavy atom. The minimum atomic E-state index is -4.55. The molecule has 2 heterocycles. The van der Waals surface area contributed by atoms with E-state index < -0.39 is 22.0 Å². The van der Waals surface area contributed by atoms with E-state index in [1.54, 1.807) is 38.1 Å². The lowest BCUT2D eigenvalue weighted by Gasteiger charge is -2.32. The summed E-state index contributed by atoms with van der Waals surface area (Å²) in [5.41, 5.74) is 3.19. The van der Waals surface area contributed by atoms with Crippen molar-refractivity contribution in [1.29, 1.82) is 0 Å². The van der Waals surface area contributed by atoms with Crippen LogP contribution in [0.2, 0.25) is 0 Å². The van der Waals surface area contributed by atoms with Gasteiger partial charge in [0.25, 0.3) is 0 Å². The maximum absolute atomic E-state index is 13.6. The van der Waals surface area contributed by atoms with Crippen molar-refractivity contribution in [3.63, 3.8) is 0 Å². The molecule has 1 aliphatic rings. The van der Waals surface area contributed by atoms with Gasteiger partial charge in [-0.25, -0.2) is 13.4 Å². The fourth-order valence-corrected chi connectivity index (χ4v) is 6.65. The van der Waals surface area contributed by atoms with Crippen molar-refractivity contribution >= 4 is 21.1 Å². The van der Waals surface area contributed by atoms with E-state index in [4.69, 9.17) is 0 Å². The monoisotopic (exact) mass is 465 g/mol. The van der Waals surface area contributed by atoms with Crippen LogP contribution in [-0.4, -0.2) is 35.4 Å².